The minimum atomic E-state index is -0.192. The molecule has 2 heterocycles. The zero-order valence-electron chi connectivity index (χ0n) is 14.3. The first kappa shape index (κ1) is 19.2. The van der Waals surface area contributed by atoms with Gasteiger partial charge in [0, 0.05) is 32.0 Å². The van der Waals surface area contributed by atoms with E-state index in [9.17, 15) is 4.79 Å². The Bertz CT molecular complexity index is 654. The molecule has 1 amide bonds. The number of halogens is 1. The van der Waals surface area contributed by atoms with Crippen molar-refractivity contribution in [2.24, 2.45) is 5.92 Å². The summed E-state index contributed by atoms with van der Waals surface area (Å²) in [4.78, 5) is 19.0. The van der Waals surface area contributed by atoms with Crippen LogP contribution < -0.4 is 10.1 Å². The second-order valence-corrected chi connectivity index (χ2v) is 6.06. The molecule has 25 heavy (non-hydrogen) atoms. The summed E-state index contributed by atoms with van der Waals surface area (Å²) in [5.41, 5.74) is 1.06. The minimum absolute atomic E-state index is 0. The van der Waals surface area contributed by atoms with Crippen LogP contribution in [-0.2, 0) is 4.79 Å². The number of ether oxygens (including phenoxy) is 1. The van der Waals surface area contributed by atoms with E-state index in [2.05, 4.69) is 10.3 Å². The van der Waals surface area contributed by atoms with Crippen LogP contribution in [0.3, 0.4) is 0 Å². The van der Waals surface area contributed by atoms with E-state index in [1.54, 1.807) is 6.20 Å². The van der Waals surface area contributed by atoms with Gasteiger partial charge in [-0.25, -0.2) is 0 Å². The predicted molar refractivity (Wildman–Crippen MR) is 99.9 cm³/mol. The van der Waals surface area contributed by atoms with Gasteiger partial charge in [0.15, 0.2) is 0 Å². The molecular weight excluding hydrogens is 338 g/mol. The van der Waals surface area contributed by atoms with E-state index in [1.165, 1.54) is 0 Å². The molecule has 3 rings (SSSR count). The molecule has 0 aliphatic carbocycles. The average molecular weight is 362 g/mol. The third-order valence-corrected chi connectivity index (χ3v) is 4.26. The van der Waals surface area contributed by atoms with Crippen LogP contribution in [-0.4, -0.2) is 42.0 Å². The van der Waals surface area contributed by atoms with E-state index >= 15 is 0 Å². The number of hydrogen-bond donors (Lipinski definition) is 1. The highest BCUT2D eigenvalue weighted by Gasteiger charge is 2.30. The lowest BCUT2D eigenvalue weighted by Gasteiger charge is -2.37. The number of carbonyl (C=O) groups is 1. The molecule has 2 aromatic rings. The molecule has 0 radical (unpaired) electrons. The van der Waals surface area contributed by atoms with Crippen LogP contribution in [0, 0.1) is 5.92 Å². The van der Waals surface area contributed by atoms with Gasteiger partial charge in [0.05, 0.1) is 18.6 Å². The first-order valence-corrected chi connectivity index (χ1v) is 8.34. The number of piperazine rings is 1. The van der Waals surface area contributed by atoms with E-state index in [1.807, 2.05) is 60.5 Å². The summed E-state index contributed by atoms with van der Waals surface area (Å²) in [6.07, 6.45) is 3.59. The summed E-state index contributed by atoms with van der Waals surface area (Å²) in [5, 5.41) is 3.36. The zero-order valence-corrected chi connectivity index (χ0v) is 15.1. The summed E-state index contributed by atoms with van der Waals surface area (Å²) < 4.78 is 5.75. The highest BCUT2D eigenvalue weighted by Crippen LogP contribution is 2.23. The van der Waals surface area contributed by atoms with Gasteiger partial charge in [-0.15, -0.1) is 12.4 Å². The molecule has 1 aliphatic heterocycles. The van der Waals surface area contributed by atoms with E-state index < -0.39 is 0 Å². The molecule has 6 heteroatoms. The van der Waals surface area contributed by atoms with Gasteiger partial charge in [-0.3, -0.25) is 9.78 Å². The summed E-state index contributed by atoms with van der Waals surface area (Å²) >= 11 is 0. The van der Waals surface area contributed by atoms with Crippen molar-refractivity contribution in [3.8, 4) is 5.75 Å². The summed E-state index contributed by atoms with van der Waals surface area (Å²) in [6, 6.07) is 13.6. The Balaban J connectivity index is 0.00000225. The van der Waals surface area contributed by atoms with Gasteiger partial charge >= 0.3 is 0 Å². The van der Waals surface area contributed by atoms with Crippen LogP contribution >= 0.6 is 12.4 Å². The first-order valence-electron chi connectivity index (χ1n) is 8.34. The molecule has 1 aliphatic rings. The molecule has 0 bridgehead atoms. The largest absolute Gasteiger partial charge is 0.493 e. The summed E-state index contributed by atoms with van der Waals surface area (Å²) in [5.74, 6) is 0.727. The molecule has 1 fully saturated rings. The monoisotopic (exact) mass is 361 g/mol. The second kappa shape index (κ2) is 9.39. The fourth-order valence-corrected chi connectivity index (χ4v) is 2.93. The lowest BCUT2D eigenvalue weighted by atomic mass is 10.0. The quantitative estimate of drug-likeness (QED) is 0.889. The molecule has 1 aromatic heterocycles. The predicted octanol–water partition coefficient (Wildman–Crippen LogP) is 2.69. The van der Waals surface area contributed by atoms with Gasteiger partial charge in [-0.1, -0.05) is 31.2 Å². The number of amides is 1. The molecule has 1 aromatic carbocycles. The highest BCUT2D eigenvalue weighted by molar-refractivity contribution is 5.85. The third kappa shape index (κ3) is 4.94. The number of benzene rings is 1. The van der Waals surface area contributed by atoms with Crippen molar-refractivity contribution < 1.29 is 9.53 Å². The second-order valence-electron chi connectivity index (χ2n) is 6.06. The fourth-order valence-electron chi connectivity index (χ4n) is 2.93. The standard InChI is InChI=1S/C19H23N3O2.ClH/c1-15(14-24-17-7-3-2-4-8-17)19(23)22-11-10-21-13-18(22)16-6-5-9-20-12-16;/h2-9,12,15,18,21H,10-11,13-14H2,1H3;1H. The minimum Gasteiger partial charge on any atom is -0.493 e. The van der Waals surface area contributed by atoms with Crippen LogP contribution in [0.4, 0.5) is 0 Å². The normalized spacial score (nSPS) is 18.1. The molecule has 1 N–H and O–H groups in total. The van der Waals surface area contributed by atoms with Crippen molar-refractivity contribution >= 4 is 18.3 Å². The molecule has 5 nitrogen and oxygen atoms in total. The maximum absolute atomic E-state index is 12.9. The van der Waals surface area contributed by atoms with Crippen molar-refractivity contribution in [1.29, 1.82) is 0 Å². The molecular formula is C19H24ClN3O2. The summed E-state index contributed by atoms with van der Waals surface area (Å²) in [7, 11) is 0. The number of para-hydroxylation sites is 1. The number of aromatic nitrogens is 1. The molecule has 134 valence electrons. The highest BCUT2D eigenvalue weighted by atomic mass is 35.5. The van der Waals surface area contributed by atoms with Gasteiger partial charge in [-0.05, 0) is 23.8 Å². The Kier molecular flexibility index (Phi) is 7.22. The lowest BCUT2D eigenvalue weighted by Crippen LogP contribution is -2.50. The number of carbonyl (C=O) groups excluding carboxylic acids is 1. The van der Waals surface area contributed by atoms with Crippen LogP contribution in [0.25, 0.3) is 0 Å². The number of nitrogens with zero attached hydrogens (tertiary/aromatic N) is 2. The molecule has 0 spiro atoms. The number of hydrogen-bond acceptors (Lipinski definition) is 4. The van der Waals surface area contributed by atoms with Gasteiger partial charge in [0.1, 0.15) is 5.75 Å². The fraction of sp³-hybridized carbons (Fsp3) is 0.368. The molecule has 0 saturated carbocycles. The van der Waals surface area contributed by atoms with E-state index in [-0.39, 0.29) is 30.3 Å². The van der Waals surface area contributed by atoms with Crippen LogP contribution in [0.2, 0.25) is 0 Å². The average Bonchev–Trinajstić information content (AvgIpc) is 2.67. The van der Waals surface area contributed by atoms with Gasteiger partial charge in [-0.2, -0.15) is 0 Å². The number of pyridine rings is 1. The van der Waals surface area contributed by atoms with Gasteiger partial charge in [0.25, 0.3) is 0 Å². The Morgan fingerprint density at radius 3 is 2.84 bits per heavy atom. The molecule has 2 atom stereocenters. The van der Waals surface area contributed by atoms with Crippen molar-refractivity contribution in [2.75, 3.05) is 26.2 Å². The Morgan fingerprint density at radius 2 is 2.12 bits per heavy atom. The SMILES string of the molecule is CC(COc1ccccc1)C(=O)N1CCNCC1c1cccnc1.Cl. The third-order valence-electron chi connectivity index (χ3n) is 4.26. The van der Waals surface area contributed by atoms with Gasteiger partial charge in [0.2, 0.25) is 5.91 Å². The first-order chi connectivity index (χ1) is 11.8. The van der Waals surface area contributed by atoms with E-state index in [0.29, 0.717) is 13.2 Å². The number of nitrogens with one attached hydrogen (secondary N) is 1. The topological polar surface area (TPSA) is 54.5 Å². The Morgan fingerprint density at radius 1 is 1.32 bits per heavy atom. The van der Waals surface area contributed by atoms with E-state index in [0.717, 1.165) is 24.4 Å². The smallest absolute Gasteiger partial charge is 0.229 e. The maximum atomic E-state index is 12.9. The van der Waals surface area contributed by atoms with Crippen molar-refractivity contribution in [1.82, 2.24) is 15.2 Å². The zero-order chi connectivity index (χ0) is 16.8. The van der Waals surface area contributed by atoms with Crippen molar-refractivity contribution in [3.05, 3.63) is 60.4 Å². The Labute approximate surface area is 154 Å². The van der Waals surface area contributed by atoms with Crippen LogP contribution in [0.5, 0.6) is 5.75 Å². The Hall–Kier alpha value is -2.11. The van der Waals surface area contributed by atoms with Gasteiger partial charge < -0.3 is 15.0 Å². The molecule has 1 saturated heterocycles. The molecule has 2 unspecified atom stereocenters. The number of rotatable bonds is 5. The van der Waals surface area contributed by atoms with Crippen LogP contribution in [0.15, 0.2) is 54.9 Å². The van der Waals surface area contributed by atoms with Crippen LogP contribution in [0.1, 0.15) is 18.5 Å². The van der Waals surface area contributed by atoms with Crippen molar-refractivity contribution in [3.63, 3.8) is 0 Å². The van der Waals surface area contributed by atoms with E-state index in [4.69, 9.17) is 4.74 Å². The lowest BCUT2D eigenvalue weighted by molar-refractivity contribution is -0.139. The summed E-state index contributed by atoms with van der Waals surface area (Å²) in [6.45, 7) is 4.58. The maximum Gasteiger partial charge on any atom is 0.229 e. The van der Waals surface area contributed by atoms with Crippen molar-refractivity contribution in [2.45, 2.75) is 13.0 Å².